The summed E-state index contributed by atoms with van der Waals surface area (Å²) in [6.45, 7) is 0.746. The molecule has 0 heterocycles. The van der Waals surface area contributed by atoms with Crippen LogP contribution in [0.3, 0.4) is 0 Å². The second-order valence-electron chi connectivity index (χ2n) is 5.07. The van der Waals surface area contributed by atoms with Crippen LogP contribution in [0.5, 0.6) is 5.75 Å². The van der Waals surface area contributed by atoms with Crippen molar-refractivity contribution in [2.45, 2.75) is 0 Å². The van der Waals surface area contributed by atoms with Crippen molar-refractivity contribution in [3.63, 3.8) is 0 Å². The molecule has 2 aromatic carbocycles. The zero-order chi connectivity index (χ0) is 17.4. The summed E-state index contributed by atoms with van der Waals surface area (Å²) in [5.74, 6) is 0.153. The fourth-order valence-electron chi connectivity index (χ4n) is 1.98. The van der Waals surface area contributed by atoms with Gasteiger partial charge in [-0.2, -0.15) is 0 Å². The molecule has 0 spiro atoms. The molecule has 5 nitrogen and oxygen atoms in total. The van der Waals surface area contributed by atoms with E-state index in [1.165, 1.54) is 19.2 Å². The van der Waals surface area contributed by atoms with Crippen LogP contribution in [-0.2, 0) is 4.84 Å². The average molecular weight is 330 g/mol. The first-order valence-electron chi connectivity index (χ1n) is 7.40. The normalized spacial score (nSPS) is 10.6. The summed E-state index contributed by atoms with van der Waals surface area (Å²) in [7, 11) is 3.17. The van der Waals surface area contributed by atoms with Crippen molar-refractivity contribution in [3.05, 3.63) is 65.5 Å². The van der Waals surface area contributed by atoms with Crippen LogP contribution in [0, 0.1) is 5.82 Å². The van der Waals surface area contributed by atoms with Crippen LogP contribution in [0.1, 0.15) is 15.9 Å². The van der Waals surface area contributed by atoms with E-state index in [0.29, 0.717) is 24.5 Å². The first kappa shape index (κ1) is 17.5. The van der Waals surface area contributed by atoms with E-state index in [2.05, 4.69) is 9.99 Å². The smallest absolute Gasteiger partial charge is 0.253 e. The van der Waals surface area contributed by atoms with Crippen molar-refractivity contribution in [3.8, 4) is 5.75 Å². The van der Waals surface area contributed by atoms with Gasteiger partial charge in [-0.05, 0) is 42.0 Å². The Morgan fingerprint density at radius 1 is 1.17 bits per heavy atom. The highest BCUT2D eigenvalue weighted by Crippen LogP contribution is 2.11. The molecular weight excluding hydrogens is 311 g/mol. The number of likely N-dealkylation sites (N-methyl/N-ethyl adjacent to an activating group) is 1. The number of amides is 1. The van der Waals surface area contributed by atoms with E-state index in [0.717, 1.165) is 5.56 Å². The number of nitrogens with zero attached hydrogens (tertiary/aromatic N) is 2. The molecule has 24 heavy (non-hydrogen) atoms. The van der Waals surface area contributed by atoms with E-state index in [4.69, 9.17) is 4.74 Å². The molecule has 0 bridgehead atoms. The molecule has 0 aromatic heterocycles. The number of ether oxygens (including phenoxy) is 1. The number of benzene rings is 2. The maximum Gasteiger partial charge on any atom is 0.253 e. The van der Waals surface area contributed by atoms with Gasteiger partial charge in [0.25, 0.3) is 5.91 Å². The van der Waals surface area contributed by atoms with Crippen LogP contribution in [0.4, 0.5) is 4.39 Å². The Morgan fingerprint density at radius 2 is 1.83 bits per heavy atom. The highest BCUT2D eigenvalue weighted by atomic mass is 19.1. The van der Waals surface area contributed by atoms with Crippen molar-refractivity contribution < 1.29 is 18.8 Å². The van der Waals surface area contributed by atoms with Crippen molar-refractivity contribution in [1.29, 1.82) is 0 Å². The van der Waals surface area contributed by atoms with E-state index >= 15 is 0 Å². The summed E-state index contributed by atoms with van der Waals surface area (Å²) in [5.41, 5.74) is 1.42. The zero-order valence-corrected chi connectivity index (χ0v) is 13.6. The van der Waals surface area contributed by atoms with Gasteiger partial charge in [-0.3, -0.25) is 4.79 Å². The predicted octanol–water partition coefficient (Wildman–Crippen LogP) is 2.96. The van der Waals surface area contributed by atoms with Gasteiger partial charge in [-0.15, -0.1) is 0 Å². The fourth-order valence-corrected chi connectivity index (χ4v) is 1.98. The lowest BCUT2D eigenvalue weighted by Crippen LogP contribution is -2.30. The largest absolute Gasteiger partial charge is 0.492 e. The van der Waals surface area contributed by atoms with Crippen molar-refractivity contribution in [1.82, 2.24) is 4.90 Å². The number of oxime groups is 1. The molecule has 1 amide bonds. The van der Waals surface area contributed by atoms with E-state index in [9.17, 15) is 9.18 Å². The van der Waals surface area contributed by atoms with Crippen molar-refractivity contribution in [2.75, 3.05) is 27.3 Å². The lowest BCUT2D eigenvalue weighted by Gasteiger charge is -2.17. The third-order valence-electron chi connectivity index (χ3n) is 3.32. The van der Waals surface area contributed by atoms with Gasteiger partial charge in [0, 0.05) is 12.6 Å². The molecule has 0 fully saturated rings. The molecular formula is C18H19FN2O3. The minimum absolute atomic E-state index is 0.104. The fraction of sp³-hybridized carbons (Fsp3) is 0.222. The molecule has 0 saturated carbocycles. The molecule has 0 aliphatic rings. The highest BCUT2D eigenvalue weighted by Gasteiger charge is 2.11. The number of carbonyl (C=O) groups is 1. The van der Waals surface area contributed by atoms with Gasteiger partial charge in [0.15, 0.2) is 0 Å². The van der Waals surface area contributed by atoms with Crippen LogP contribution < -0.4 is 4.74 Å². The van der Waals surface area contributed by atoms with Gasteiger partial charge in [-0.25, -0.2) is 4.39 Å². The lowest BCUT2D eigenvalue weighted by atomic mass is 10.1. The number of rotatable bonds is 7. The van der Waals surface area contributed by atoms with Gasteiger partial charge in [0.1, 0.15) is 25.3 Å². The summed E-state index contributed by atoms with van der Waals surface area (Å²) >= 11 is 0. The van der Waals surface area contributed by atoms with Gasteiger partial charge >= 0.3 is 0 Å². The topological polar surface area (TPSA) is 51.1 Å². The quantitative estimate of drug-likeness (QED) is 0.579. The number of carbonyl (C=O) groups excluding carboxylic acids is 1. The second-order valence-corrected chi connectivity index (χ2v) is 5.07. The molecule has 0 unspecified atom stereocenters. The maximum absolute atomic E-state index is 12.8. The summed E-state index contributed by atoms with van der Waals surface area (Å²) in [5, 5.41) is 3.67. The summed E-state index contributed by atoms with van der Waals surface area (Å²) in [4.78, 5) is 18.5. The van der Waals surface area contributed by atoms with Gasteiger partial charge in [0.2, 0.25) is 0 Å². The molecule has 0 atom stereocenters. The molecule has 6 heteroatoms. The minimum Gasteiger partial charge on any atom is -0.492 e. The van der Waals surface area contributed by atoms with Gasteiger partial charge in [-0.1, -0.05) is 17.3 Å². The molecule has 0 aliphatic carbocycles. The van der Waals surface area contributed by atoms with Crippen LogP contribution in [0.25, 0.3) is 0 Å². The molecule has 0 saturated heterocycles. The second kappa shape index (κ2) is 8.67. The van der Waals surface area contributed by atoms with E-state index in [-0.39, 0.29) is 11.7 Å². The monoisotopic (exact) mass is 330 g/mol. The molecule has 2 aromatic rings. The van der Waals surface area contributed by atoms with Gasteiger partial charge < -0.3 is 14.5 Å². The molecule has 0 aliphatic heterocycles. The third-order valence-corrected chi connectivity index (χ3v) is 3.32. The summed E-state index contributed by atoms with van der Waals surface area (Å²) in [6, 6.07) is 12.8. The molecule has 0 N–H and O–H groups in total. The first-order chi connectivity index (χ1) is 11.6. The van der Waals surface area contributed by atoms with Crippen LogP contribution >= 0.6 is 0 Å². The minimum atomic E-state index is -0.311. The van der Waals surface area contributed by atoms with Gasteiger partial charge in [0.05, 0.1) is 12.8 Å². The van der Waals surface area contributed by atoms with Crippen molar-refractivity contribution in [2.24, 2.45) is 5.16 Å². The third kappa shape index (κ3) is 5.08. The van der Waals surface area contributed by atoms with E-state index < -0.39 is 0 Å². The Balaban J connectivity index is 1.85. The Bertz CT molecular complexity index is 684. The SMILES string of the molecule is CO/N=C/c1ccc(C(=O)N(C)CCOc2ccc(F)cc2)cc1. The average Bonchev–Trinajstić information content (AvgIpc) is 2.61. The number of halogens is 1. The molecule has 126 valence electrons. The Morgan fingerprint density at radius 3 is 2.46 bits per heavy atom. The zero-order valence-electron chi connectivity index (χ0n) is 13.6. The Kier molecular flexibility index (Phi) is 6.31. The summed E-state index contributed by atoms with van der Waals surface area (Å²) < 4.78 is 18.3. The van der Waals surface area contributed by atoms with Crippen LogP contribution in [0.2, 0.25) is 0 Å². The maximum atomic E-state index is 12.8. The predicted molar refractivity (Wildman–Crippen MR) is 89.9 cm³/mol. The van der Waals surface area contributed by atoms with Crippen LogP contribution in [0.15, 0.2) is 53.7 Å². The molecule has 0 radical (unpaired) electrons. The van der Waals surface area contributed by atoms with Crippen LogP contribution in [-0.4, -0.2) is 44.3 Å². The Hall–Kier alpha value is -2.89. The molecule has 2 rings (SSSR count). The highest BCUT2D eigenvalue weighted by molar-refractivity contribution is 5.94. The standard InChI is InChI=1S/C18H19FN2O3/c1-21(11-12-24-17-9-7-16(19)8-10-17)18(22)15-5-3-14(4-6-15)13-20-23-2/h3-10,13H,11-12H2,1-2H3/b20-13+. The first-order valence-corrected chi connectivity index (χ1v) is 7.40. The lowest BCUT2D eigenvalue weighted by molar-refractivity contribution is 0.0774. The number of hydrogen-bond acceptors (Lipinski definition) is 4. The van der Waals surface area contributed by atoms with Crippen molar-refractivity contribution >= 4 is 12.1 Å². The summed E-state index contributed by atoms with van der Waals surface area (Å²) in [6.07, 6.45) is 1.56. The van der Waals surface area contributed by atoms with E-state index in [1.807, 2.05) is 0 Å². The number of hydrogen-bond donors (Lipinski definition) is 0. The Labute approximate surface area is 140 Å². The van der Waals surface area contributed by atoms with E-state index in [1.54, 1.807) is 54.6 Å².